The molecule has 0 saturated carbocycles. The Balaban J connectivity index is 1.61. The van der Waals surface area contributed by atoms with Gasteiger partial charge in [-0.05, 0) is 42.8 Å². The molecular formula is C22H26F2N3O2+. The molecule has 29 heavy (non-hydrogen) atoms. The van der Waals surface area contributed by atoms with Crippen LogP contribution >= 0.6 is 0 Å². The van der Waals surface area contributed by atoms with E-state index in [1.54, 1.807) is 23.1 Å². The van der Waals surface area contributed by atoms with E-state index in [2.05, 4.69) is 21.9 Å². The molecule has 3 rings (SSSR count). The van der Waals surface area contributed by atoms with Crippen molar-refractivity contribution >= 4 is 23.4 Å². The number of amides is 1. The molecule has 1 fully saturated rings. The molecule has 1 aliphatic heterocycles. The number of para-hydroxylation sites is 2. The zero-order valence-corrected chi connectivity index (χ0v) is 16.4. The van der Waals surface area contributed by atoms with Crippen molar-refractivity contribution in [2.24, 2.45) is 0 Å². The summed E-state index contributed by atoms with van der Waals surface area (Å²) in [4.78, 5) is 16.3. The molecule has 0 radical (unpaired) electrons. The van der Waals surface area contributed by atoms with E-state index in [1.165, 1.54) is 18.2 Å². The molecule has 5 nitrogen and oxygen atoms in total. The first-order chi connectivity index (χ1) is 14.0. The van der Waals surface area contributed by atoms with Crippen molar-refractivity contribution in [3.63, 3.8) is 0 Å². The minimum absolute atomic E-state index is 0.0838. The number of hydrogen-bond acceptors (Lipinski definition) is 3. The van der Waals surface area contributed by atoms with Gasteiger partial charge in [-0.3, -0.25) is 4.79 Å². The van der Waals surface area contributed by atoms with E-state index in [0.29, 0.717) is 5.56 Å². The van der Waals surface area contributed by atoms with Crippen molar-refractivity contribution in [2.45, 2.75) is 13.5 Å². The predicted octanol–water partition coefficient (Wildman–Crippen LogP) is 2.66. The minimum atomic E-state index is -2.85. The lowest BCUT2D eigenvalue weighted by atomic mass is 10.2. The lowest BCUT2D eigenvalue weighted by molar-refractivity contribution is -0.898. The van der Waals surface area contributed by atoms with Gasteiger partial charge in [0.05, 0.1) is 44.1 Å². The van der Waals surface area contributed by atoms with E-state index in [1.807, 2.05) is 24.3 Å². The third-order valence-corrected chi connectivity index (χ3v) is 5.01. The van der Waals surface area contributed by atoms with Gasteiger partial charge in [0.25, 0.3) is 0 Å². The second kappa shape index (κ2) is 10.0. The minimum Gasteiger partial charge on any atom is -0.435 e. The molecule has 1 saturated heterocycles. The second-order valence-electron chi connectivity index (χ2n) is 6.88. The van der Waals surface area contributed by atoms with Crippen LogP contribution in [0.3, 0.4) is 0 Å². The first kappa shape index (κ1) is 20.8. The molecule has 2 aromatic rings. The van der Waals surface area contributed by atoms with E-state index in [0.717, 1.165) is 44.1 Å². The second-order valence-corrected chi connectivity index (χ2v) is 6.88. The highest BCUT2D eigenvalue weighted by Crippen LogP contribution is 2.25. The number of piperazine rings is 1. The molecule has 1 amide bonds. The maximum Gasteiger partial charge on any atom is 0.387 e. The number of quaternary nitrogens is 1. The molecule has 1 aliphatic rings. The fraction of sp³-hybridized carbons (Fsp3) is 0.318. The summed E-state index contributed by atoms with van der Waals surface area (Å²) in [7, 11) is 0. The summed E-state index contributed by atoms with van der Waals surface area (Å²) >= 11 is 0. The molecule has 154 valence electrons. The summed E-state index contributed by atoms with van der Waals surface area (Å²) in [5.74, 6) is -0.163. The molecule has 1 heterocycles. The van der Waals surface area contributed by atoms with Crippen LogP contribution in [-0.4, -0.2) is 45.2 Å². The Morgan fingerprint density at radius 2 is 1.86 bits per heavy atom. The van der Waals surface area contributed by atoms with E-state index in [-0.39, 0.29) is 11.7 Å². The van der Waals surface area contributed by atoms with Crippen molar-refractivity contribution in [3.05, 3.63) is 60.2 Å². The monoisotopic (exact) mass is 402 g/mol. The first-order valence-corrected chi connectivity index (χ1v) is 9.76. The number of likely N-dealkylation sites (N-methyl/N-ethyl adjacent to an activating group) is 1. The normalized spacial score (nSPS) is 15.1. The van der Waals surface area contributed by atoms with Gasteiger partial charge >= 0.3 is 6.61 Å². The van der Waals surface area contributed by atoms with Gasteiger partial charge in [-0.25, -0.2) is 0 Å². The van der Waals surface area contributed by atoms with Crippen molar-refractivity contribution in [2.75, 3.05) is 42.9 Å². The number of alkyl halides is 2. The van der Waals surface area contributed by atoms with E-state index >= 15 is 0 Å². The summed E-state index contributed by atoms with van der Waals surface area (Å²) in [6.45, 7) is 4.57. The summed E-state index contributed by atoms with van der Waals surface area (Å²) in [5.41, 5.74) is 2.52. The van der Waals surface area contributed by atoms with Crippen LogP contribution in [0, 0.1) is 0 Å². The largest absolute Gasteiger partial charge is 0.435 e. The van der Waals surface area contributed by atoms with Gasteiger partial charge in [0.2, 0.25) is 5.91 Å². The van der Waals surface area contributed by atoms with Crippen LogP contribution in [0.15, 0.2) is 54.6 Å². The van der Waals surface area contributed by atoms with Gasteiger partial charge in [-0.2, -0.15) is 8.78 Å². The van der Waals surface area contributed by atoms with Crippen molar-refractivity contribution < 1.29 is 23.2 Å². The molecule has 2 aromatic carbocycles. The van der Waals surface area contributed by atoms with Gasteiger partial charge < -0.3 is 19.9 Å². The van der Waals surface area contributed by atoms with Gasteiger partial charge in [-0.1, -0.05) is 24.3 Å². The highest BCUT2D eigenvalue weighted by molar-refractivity contribution is 6.03. The number of halogens is 2. The average molecular weight is 402 g/mol. The summed E-state index contributed by atoms with van der Waals surface area (Å²) < 4.78 is 28.7. The smallest absolute Gasteiger partial charge is 0.387 e. The molecule has 0 aliphatic carbocycles. The lowest BCUT2D eigenvalue weighted by Gasteiger charge is -2.34. The van der Waals surface area contributed by atoms with Crippen molar-refractivity contribution in [3.8, 4) is 5.75 Å². The summed E-state index contributed by atoms with van der Waals surface area (Å²) in [6.07, 6.45) is 3.06. The number of nitrogens with one attached hydrogen (secondary N) is 2. The number of benzene rings is 2. The van der Waals surface area contributed by atoms with Gasteiger partial charge in [0.15, 0.2) is 0 Å². The van der Waals surface area contributed by atoms with Crippen LogP contribution in [0.1, 0.15) is 12.5 Å². The van der Waals surface area contributed by atoms with Gasteiger partial charge in [0, 0.05) is 6.08 Å². The number of carbonyl (C=O) groups is 1. The highest BCUT2D eigenvalue weighted by Gasteiger charge is 2.20. The van der Waals surface area contributed by atoms with E-state index in [9.17, 15) is 13.6 Å². The fourth-order valence-electron chi connectivity index (χ4n) is 3.38. The standard InChI is InChI=1S/C22H25F2N3O2/c1-2-26-13-15-27(16-14-26)20-6-4-3-5-19(20)25-21(28)12-9-17-7-10-18(11-8-17)29-22(23)24/h3-12,22H,2,13-16H2,1H3,(H,25,28)/p+1/b12-9+. The Kier molecular flexibility index (Phi) is 7.19. The Labute approximate surface area is 169 Å². The Hall–Kier alpha value is -2.93. The third kappa shape index (κ3) is 6.02. The summed E-state index contributed by atoms with van der Waals surface area (Å²) in [6, 6.07) is 13.9. The van der Waals surface area contributed by atoms with Crippen molar-refractivity contribution in [1.82, 2.24) is 0 Å². The summed E-state index contributed by atoms with van der Waals surface area (Å²) in [5, 5.41) is 2.94. The topological polar surface area (TPSA) is 46.0 Å². The predicted molar refractivity (Wildman–Crippen MR) is 111 cm³/mol. The molecule has 7 heteroatoms. The number of carbonyl (C=O) groups excluding carboxylic acids is 1. The number of nitrogens with zero attached hydrogens (tertiary/aromatic N) is 1. The van der Waals surface area contributed by atoms with Gasteiger partial charge in [-0.15, -0.1) is 0 Å². The van der Waals surface area contributed by atoms with Crippen LogP contribution < -0.4 is 19.9 Å². The maximum atomic E-state index is 12.4. The average Bonchev–Trinajstić information content (AvgIpc) is 2.73. The molecule has 0 bridgehead atoms. The van der Waals surface area contributed by atoms with E-state index < -0.39 is 6.61 Å². The lowest BCUT2D eigenvalue weighted by Crippen LogP contribution is -3.14. The first-order valence-electron chi connectivity index (χ1n) is 9.76. The van der Waals surface area contributed by atoms with Crippen LogP contribution in [0.2, 0.25) is 0 Å². The maximum absolute atomic E-state index is 12.4. The van der Waals surface area contributed by atoms with E-state index in [4.69, 9.17) is 0 Å². The van der Waals surface area contributed by atoms with Crippen LogP contribution in [0.25, 0.3) is 6.08 Å². The van der Waals surface area contributed by atoms with Crippen LogP contribution in [-0.2, 0) is 4.79 Å². The molecule has 0 spiro atoms. The zero-order chi connectivity index (χ0) is 20.6. The highest BCUT2D eigenvalue weighted by atomic mass is 19.3. The number of rotatable bonds is 7. The SMILES string of the molecule is CC[NH+]1CCN(c2ccccc2NC(=O)/C=C/c2ccc(OC(F)F)cc2)CC1. The Morgan fingerprint density at radius 1 is 1.17 bits per heavy atom. The molecule has 0 atom stereocenters. The number of anilines is 2. The number of ether oxygens (including phenoxy) is 1. The molecule has 0 unspecified atom stereocenters. The number of hydrogen-bond donors (Lipinski definition) is 2. The molecule has 0 aromatic heterocycles. The van der Waals surface area contributed by atoms with Crippen LogP contribution in [0.4, 0.5) is 20.2 Å². The fourth-order valence-corrected chi connectivity index (χ4v) is 3.38. The quantitative estimate of drug-likeness (QED) is 0.700. The molecule has 2 N–H and O–H groups in total. The van der Waals surface area contributed by atoms with Crippen LogP contribution in [0.5, 0.6) is 5.75 Å². The van der Waals surface area contributed by atoms with Gasteiger partial charge in [0.1, 0.15) is 5.75 Å². The zero-order valence-electron chi connectivity index (χ0n) is 16.4. The molecular weight excluding hydrogens is 376 g/mol. The Morgan fingerprint density at radius 3 is 2.52 bits per heavy atom. The van der Waals surface area contributed by atoms with Crippen molar-refractivity contribution in [1.29, 1.82) is 0 Å². The third-order valence-electron chi connectivity index (χ3n) is 5.01. The Bertz CT molecular complexity index is 832.